The smallest absolute Gasteiger partial charge is 0.251 e. The third-order valence-electron chi connectivity index (χ3n) is 2.91. The molecule has 1 unspecified atom stereocenters. The van der Waals surface area contributed by atoms with Crippen molar-refractivity contribution in [1.29, 1.82) is 0 Å². The average Bonchev–Trinajstić information content (AvgIpc) is 2.36. The summed E-state index contributed by atoms with van der Waals surface area (Å²) < 4.78 is 0. The summed E-state index contributed by atoms with van der Waals surface area (Å²) >= 11 is 0. The lowest BCUT2D eigenvalue weighted by molar-refractivity contribution is -0.138. The molecule has 0 fully saturated rings. The van der Waals surface area contributed by atoms with Crippen LogP contribution in [-0.2, 0) is 11.3 Å². The van der Waals surface area contributed by atoms with Crippen LogP contribution in [0, 0.1) is 0 Å². The van der Waals surface area contributed by atoms with Crippen LogP contribution in [0.4, 0.5) is 5.82 Å². The molecule has 1 aromatic heterocycles. The second-order valence-corrected chi connectivity index (χ2v) is 5.09. The highest BCUT2D eigenvalue weighted by Crippen LogP contribution is 2.12. The van der Waals surface area contributed by atoms with Crippen molar-refractivity contribution >= 4 is 11.7 Å². The first kappa shape index (κ1) is 15.4. The number of aromatic nitrogens is 1. The van der Waals surface area contributed by atoms with Crippen LogP contribution in [0.5, 0.6) is 0 Å². The highest BCUT2D eigenvalue weighted by Gasteiger charge is 2.28. The van der Waals surface area contributed by atoms with Crippen molar-refractivity contribution in [3.8, 4) is 0 Å². The molecule has 0 spiro atoms. The SMILES string of the molecule is CCCC(C)(O)C(=O)NCc1cccc(N(C)C)n1. The van der Waals surface area contributed by atoms with Crippen LogP contribution < -0.4 is 10.2 Å². The number of aliphatic hydroxyl groups is 1. The fraction of sp³-hybridized carbons (Fsp3) is 0.571. The van der Waals surface area contributed by atoms with E-state index in [1.54, 1.807) is 0 Å². The third kappa shape index (κ3) is 4.52. The van der Waals surface area contributed by atoms with Crippen molar-refractivity contribution in [2.45, 2.75) is 38.8 Å². The largest absolute Gasteiger partial charge is 0.380 e. The molecule has 1 heterocycles. The Morgan fingerprint density at radius 2 is 2.16 bits per heavy atom. The number of nitrogens with zero attached hydrogens (tertiary/aromatic N) is 2. The van der Waals surface area contributed by atoms with Gasteiger partial charge in [-0.15, -0.1) is 0 Å². The van der Waals surface area contributed by atoms with Crippen LogP contribution in [-0.4, -0.2) is 35.7 Å². The molecule has 0 radical (unpaired) electrons. The molecule has 1 atom stereocenters. The molecule has 0 saturated heterocycles. The Kier molecular flexibility index (Phi) is 5.30. The Hall–Kier alpha value is -1.62. The van der Waals surface area contributed by atoms with Crippen molar-refractivity contribution < 1.29 is 9.90 Å². The molecule has 0 aromatic carbocycles. The zero-order valence-corrected chi connectivity index (χ0v) is 12.1. The van der Waals surface area contributed by atoms with E-state index in [9.17, 15) is 9.90 Å². The number of pyridine rings is 1. The fourth-order valence-corrected chi connectivity index (χ4v) is 1.78. The van der Waals surface area contributed by atoms with Gasteiger partial charge in [0.25, 0.3) is 5.91 Å². The molecule has 0 aliphatic heterocycles. The minimum Gasteiger partial charge on any atom is -0.380 e. The van der Waals surface area contributed by atoms with E-state index in [2.05, 4.69) is 10.3 Å². The standard InChI is InChI=1S/C14H23N3O2/c1-5-9-14(2,19)13(18)15-10-11-7-6-8-12(16-11)17(3)4/h6-8,19H,5,9-10H2,1-4H3,(H,15,18). The summed E-state index contributed by atoms with van der Waals surface area (Å²) in [7, 11) is 3.83. The molecule has 0 aliphatic carbocycles. The van der Waals surface area contributed by atoms with Gasteiger partial charge in [-0.05, 0) is 25.5 Å². The van der Waals surface area contributed by atoms with E-state index in [-0.39, 0.29) is 5.91 Å². The van der Waals surface area contributed by atoms with Crippen molar-refractivity contribution in [2.75, 3.05) is 19.0 Å². The first-order valence-corrected chi connectivity index (χ1v) is 6.50. The Morgan fingerprint density at radius 1 is 1.47 bits per heavy atom. The normalized spacial score (nSPS) is 13.7. The van der Waals surface area contributed by atoms with E-state index in [1.165, 1.54) is 6.92 Å². The second-order valence-electron chi connectivity index (χ2n) is 5.09. The summed E-state index contributed by atoms with van der Waals surface area (Å²) in [6.07, 6.45) is 1.21. The van der Waals surface area contributed by atoms with Gasteiger partial charge in [0.1, 0.15) is 11.4 Å². The van der Waals surface area contributed by atoms with Gasteiger partial charge in [0.2, 0.25) is 0 Å². The lowest BCUT2D eigenvalue weighted by Crippen LogP contribution is -2.44. The van der Waals surface area contributed by atoms with E-state index in [1.807, 2.05) is 44.1 Å². The minimum atomic E-state index is -1.31. The number of amides is 1. The molecular formula is C14H23N3O2. The monoisotopic (exact) mass is 265 g/mol. The van der Waals surface area contributed by atoms with Crippen molar-refractivity contribution in [3.63, 3.8) is 0 Å². The zero-order valence-electron chi connectivity index (χ0n) is 12.1. The summed E-state index contributed by atoms with van der Waals surface area (Å²) in [5.41, 5.74) is -0.541. The van der Waals surface area contributed by atoms with Crippen LogP contribution in [0.2, 0.25) is 0 Å². The average molecular weight is 265 g/mol. The highest BCUT2D eigenvalue weighted by molar-refractivity contribution is 5.84. The van der Waals surface area contributed by atoms with Crippen LogP contribution in [0.3, 0.4) is 0 Å². The van der Waals surface area contributed by atoms with E-state index in [0.717, 1.165) is 17.9 Å². The van der Waals surface area contributed by atoms with Gasteiger partial charge in [-0.1, -0.05) is 19.4 Å². The molecule has 0 saturated carbocycles. The van der Waals surface area contributed by atoms with Gasteiger partial charge >= 0.3 is 0 Å². The Labute approximate surface area is 114 Å². The Bertz CT molecular complexity index is 430. The van der Waals surface area contributed by atoms with Crippen LogP contribution in [0.1, 0.15) is 32.4 Å². The Balaban J connectivity index is 2.62. The van der Waals surface area contributed by atoms with E-state index < -0.39 is 5.60 Å². The number of nitrogens with one attached hydrogen (secondary N) is 1. The summed E-state index contributed by atoms with van der Waals surface area (Å²) in [6, 6.07) is 5.65. The first-order chi connectivity index (χ1) is 8.86. The summed E-state index contributed by atoms with van der Waals surface area (Å²) in [5.74, 6) is 0.485. The fourth-order valence-electron chi connectivity index (χ4n) is 1.78. The molecule has 1 rings (SSSR count). The molecule has 0 bridgehead atoms. The van der Waals surface area contributed by atoms with E-state index in [0.29, 0.717) is 13.0 Å². The maximum absolute atomic E-state index is 11.8. The highest BCUT2D eigenvalue weighted by atomic mass is 16.3. The molecular weight excluding hydrogens is 242 g/mol. The lowest BCUT2D eigenvalue weighted by Gasteiger charge is -2.21. The van der Waals surface area contributed by atoms with Crippen molar-refractivity contribution in [3.05, 3.63) is 23.9 Å². The van der Waals surface area contributed by atoms with Crippen molar-refractivity contribution in [2.24, 2.45) is 0 Å². The van der Waals surface area contributed by atoms with Crippen LogP contribution in [0.15, 0.2) is 18.2 Å². The van der Waals surface area contributed by atoms with Crippen LogP contribution in [0.25, 0.3) is 0 Å². The van der Waals surface area contributed by atoms with Gasteiger partial charge in [-0.25, -0.2) is 4.98 Å². The molecule has 1 aromatic rings. The lowest BCUT2D eigenvalue weighted by atomic mass is 10.00. The molecule has 19 heavy (non-hydrogen) atoms. The predicted molar refractivity (Wildman–Crippen MR) is 75.9 cm³/mol. The van der Waals surface area contributed by atoms with E-state index >= 15 is 0 Å². The first-order valence-electron chi connectivity index (χ1n) is 6.50. The molecule has 106 valence electrons. The van der Waals surface area contributed by atoms with Gasteiger partial charge in [-0.3, -0.25) is 4.79 Å². The number of carbonyl (C=O) groups excluding carboxylic acids is 1. The van der Waals surface area contributed by atoms with Gasteiger partial charge in [0.15, 0.2) is 0 Å². The minimum absolute atomic E-state index is 0.320. The molecule has 5 nitrogen and oxygen atoms in total. The Morgan fingerprint density at radius 3 is 2.74 bits per heavy atom. The van der Waals surface area contributed by atoms with Gasteiger partial charge in [-0.2, -0.15) is 0 Å². The number of rotatable bonds is 6. The molecule has 0 aliphatic rings. The number of hydrogen-bond donors (Lipinski definition) is 2. The maximum Gasteiger partial charge on any atom is 0.251 e. The predicted octanol–water partition coefficient (Wildman–Crippen LogP) is 1.31. The molecule has 1 amide bonds. The summed E-state index contributed by atoms with van der Waals surface area (Å²) in [5, 5.41) is 12.7. The quantitative estimate of drug-likeness (QED) is 0.814. The number of carbonyl (C=O) groups is 1. The molecule has 2 N–H and O–H groups in total. The van der Waals surface area contributed by atoms with E-state index in [4.69, 9.17) is 0 Å². The van der Waals surface area contributed by atoms with Crippen molar-refractivity contribution in [1.82, 2.24) is 10.3 Å². The maximum atomic E-state index is 11.8. The van der Waals surface area contributed by atoms with Gasteiger partial charge in [0, 0.05) is 14.1 Å². The summed E-state index contributed by atoms with van der Waals surface area (Å²) in [4.78, 5) is 18.2. The zero-order chi connectivity index (χ0) is 14.5. The van der Waals surface area contributed by atoms with Gasteiger partial charge < -0.3 is 15.3 Å². The topological polar surface area (TPSA) is 65.5 Å². The summed E-state index contributed by atoms with van der Waals surface area (Å²) in [6.45, 7) is 3.79. The third-order valence-corrected chi connectivity index (χ3v) is 2.91. The number of anilines is 1. The second kappa shape index (κ2) is 6.52. The number of hydrogen-bond acceptors (Lipinski definition) is 4. The van der Waals surface area contributed by atoms with Crippen LogP contribution >= 0.6 is 0 Å². The molecule has 5 heteroatoms. The van der Waals surface area contributed by atoms with Gasteiger partial charge in [0.05, 0.1) is 12.2 Å².